The van der Waals surface area contributed by atoms with Crippen LogP contribution in [0.4, 0.5) is 0 Å². The molecule has 0 unspecified atom stereocenters. The normalized spacial score (nSPS) is 16.9. The third-order valence-electron chi connectivity index (χ3n) is 2.48. The number of likely N-dealkylation sites (tertiary alicyclic amines) is 1. The van der Waals surface area contributed by atoms with E-state index in [2.05, 4.69) is 25.5 Å². The summed E-state index contributed by atoms with van der Waals surface area (Å²) >= 11 is 0. The second-order valence-electron chi connectivity index (χ2n) is 3.91. The summed E-state index contributed by atoms with van der Waals surface area (Å²) in [6.07, 6.45) is 3.97. The molecule has 0 radical (unpaired) electrons. The third-order valence-corrected chi connectivity index (χ3v) is 2.48. The molecule has 1 saturated heterocycles. The molecule has 0 saturated carbocycles. The second-order valence-corrected chi connectivity index (χ2v) is 3.91. The van der Waals surface area contributed by atoms with Crippen molar-refractivity contribution in [2.45, 2.75) is 53.9 Å². The molecule has 1 heterocycles. The zero-order valence-electron chi connectivity index (χ0n) is 11.8. The minimum Gasteiger partial charge on any atom is -0.306 e. The molecule has 0 aromatic carbocycles. The summed E-state index contributed by atoms with van der Waals surface area (Å²) in [5.41, 5.74) is 1.35. The van der Waals surface area contributed by atoms with E-state index < -0.39 is 0 Å². The molecular formula is C14H31N. The summed E-state index contributed by atoms with van der Waals surface area (Å²) in [5, 5.41) is 0. The maximum atomic E-state index is 3.95. The quantitative estimate of drug-likeness (QED) is 0.617. The molecule has 92 valence electrons. The van der Waals surface area contributed by atoms with E-state index in [-0.39, 0.29) is 0 Å². The van der Waals surface area contributed by atoms with E-state index in [1.54, 1.807) is 0 Å². The van der Waals surface area contributed by atoms with Gasteiger partial charge in [-0.3, -0.25) is 0 Å². The van der Waals surface area contributed by atoms with Crippen LogP contribution >= 0.6 is 0 Å². The van der Waals surface area contributed by atoms with Crippen LogP contribution in [0.2, 0.25) is 0 Å². The fraction of sp³-hybridized carbons (Fsp3) is 0.857. The molecule has 0 amide bonds. The van der Waals surface area contributed by atoms with Gasteiger partial charge >= 0.3 is 0 Å². The number of allylic oxidation sites excluding steroid dienone is 1. The highest BCUT2D eigenvalue weighted by Gasteiger charge is 2.15. The fourth-order valence-corrected chi connectivity index (χ4v) is 1.76. The Morgan fingerprint density at radius 3 is 1.87 bits per heavy atom. The van der Waals surface area contributed by atoms with Crippen molar-refractivity contribution in [3.63, 3.8) is 0 Å². The first kappa shape index (κ1) is 17.1. The summed E-state index contributed by atoms with van der Waals surface area (Å²) in [6, 6.07) is 0. The number of piperidine rings is 1. The number of hydrogen-bond acceptors (Lipinski definition) is 1. The van der Waals surface area contributed by atoms with Crippen molar-refractivity contribution in [1.29, 1.82) is 0 Å². The van der Waals surface area contributed by atoms with Crippen molar-refractivity contribution in [1.82, 2.24) is 4.90 Å². The zero-order valence-corrected chi connectivity index (χ0v) is 11.8. The Kier molecular flexibility index (Phi) is 13.4. The van der Waals surface area contributed by atoms with Gasteiger partial charge in [-0.1, -0.05) is 33.3 Å². The summed E-state index contributed by atoms with van der Waals surface area (Å²) in [7, 11) is 2.21. The van der Waals surface area contributed by atoms with E-state index in [0.29, 0.717) is 0 Å². The lowest BCUT2D eigenvalue weighted by Gasteiger charge is -2.28. The van der Waals surface area contributed by atoms with Crippen LogP contribution in [0, 0.1) is 5.92 Å². The molecule has 0 bridgehead atoms. The van der Waals surface area contributed by atoms with Crippen molar-refractivity contribution in [2.24, 2.45) is 5.92 Å². The Labute approximate surface area is 97.6 Å². The van der Waals surface area contributed by atoms with Gasteiger partial charge in [0.05, 0.1) is 0 Å². The predicted molar refractivity (Wildman–Crippen MR) is 72.3 cm³/mol. The Bertz CT molecular complexity index is 132. The van der Waals surface area contributed by atoms with Crippen LogP contribution in [-0.4, -0.2) is 25.0 Å². The third kappa shape index (κ3) is 9.99. The molecule has 0 aromatic rings. The Balaban J connectivity index is 0. The standard InChI is InChI=1S/C10H19N.2C2H6/c1-9(2)8-10-4-6-11(3)7-5-10;2*1-2/h10H,1,4-8H2,2-3H3;2*1-2H3. The lowest BCUT2D eigenvalue weighted by atomic mass is 9.91. The molecule has 1 heteroatoms. The average Bonchev–Trinajstić information content (AvgIpc) is 2.27. The molecule has 1 nitrogen and oxygen atoms in total. The Morgan fingerprint density at radius 1 is 1.13 bits per heavy atom. The summed E-state index contributed by atoms with van der Waals surface area (Å²) in [5.74, 6) is 0.920. The van der Waals surface area contributed by atoms with Crippen LogP contribution in [0.25, 0.3) is 0 Å². The average molecular weight is 213 g/mol. The number of rotatable bonds is 2. The number of hydrogen-bond donors (Lipinski definition) is 0. The van der Waals surface area contributed by atoms with Crippen LogP contribution in [-0.2, 0) is 0 Å². The molecule has 1 fully saturated rings. The Hall–Kier alpha value is -0.300. The van der Waals surface area contributed by atoms with Gasteiger partial charge in [0.15, 0.2) is 0 Å². The molecule has 0 spiro atoms. The fourth-order valence-electron chi connectivity index (χ4n) is 1.76. The molecule has 15 heavy (non-hydrogen) atoms. The first-order valence-corrected chi connectivity index (χ1v) is 6.51. The smallest absolute Gasteiger partial charge is 0.00190 e. The van der Waals surface area contributed by atoms with Crippen molar-refractivity contribution in [3.8, 4) is 0 Å². The van der Waals surface area contributed by atoms with Gasteiger partial charge in [0, 0.05) is 0 Å². The van der Waals surface area contributed by atoms with Crippen LogP contribution < -0.4 is 0 Å². The molecule has 0 aliphatic carbocycles. The van der Waals surface area contributed by atoms with Gasteiger partial charge in [-0.25, -0.2) is 0 Å². The molecule has 1 aliphatic rings. The monoisotopic (exact) mass is 213 g/mol. The summed E-state index contributed by atoms with van der Waals surface area (Å²) < 4.78 is 0. The van der Waals surface area contributed by atoms with Gasteiger partial charge in [-0.15, -0.1) is 6.58 Å². The van der Waals surface area contributed by atoms with E-state index in [0.717, 1.165) is 5.92 Å². The first-order valence-electron chi connectivity index (χ1n) is 6.51. The maximum Gasteiger partial charge on any atom is -0.00190 e. The SMILES string of the molecule is C=C(C)CC1CCN(C)CC1.CC.CC. The molecule has 0 atom stereocenters. The summed E-state index contributed by atoms with van der Waals surface area (Å²) in [4.78, 5) is 2.41. The van der Waals surface area contributed by atoms with Crippen LogP contribution in [0.15, 0.2) is 12.2 Å². The van der Waals surface area contributed by atoms with Gasteiger partial charge in [-0.2, -0.15) is 0 Å². The van der Waals surface area contributed by atoms with Crippen molar-refractivity contribution >= 4 is 0 Å². The largest absolute Gasteiger partial charge is 0.306 e. The van der Waals surface area contributed by atoms with Gasteiger partial charge in [-0.05, 0) is 52.2 Å². The number of nitrogens with zero attached hydrogens (tertiary/aromatic N) is 1. The van der Waals surface area contributed by atoms with Crippen molar-refractivity contribution in [2.75, 3.05) is 20.1 Å². The van der Waals surface area contributed by atoms with E-state index in [1.807, 2.05) is 27.7 Å². The van der Waals surface area contributed by atoms with Gasteiger partial charge in [0.1, 0.15) is 0 Å². The van der Waals surface area contributed by atoms with E-state index in [9.17, 15) is 0 Å². The predicted octanol–water partition coefficient (Wildman–Crippen LogP) is 4.35. The second kappa shape index (κ2) is 11.8. The molecule has 1 aliphatic heterocycles. The van der Waals surface area contributed by atoms with Gasteiger partial charge in [0.25, 0.3) is 0 Å². The molecule has 1 rings (SSSR count). The van der Waals surface area contributed by atoms with Crippen molar-refractivity contribution < 1.29 is 0 Å². The maximum absolute atomic E-state index is 3.95. The molecule has 0 aromatic heterocycles. The zero-order chi connectivity index (χ0) is 12.3. The highest BCUT2D eigenvalue weighted by molar-refractivity contribution is 4.91. The molecular weight excluding hydrogens is 182 g/mol. The van der Waals surface area contributed by atoms with E-state index in [1.165, 1.54) is 37.9 Å². The van der Waals surface area contributed by atoms with Gasteiger partial charge in [0.2, 0.25) is 0 Å². The first-order chi connectivity index (χ1) is 7.18. The van der Waals surface area contributed by atoms with Gasteiger partial charge < -0.3 is 4.90 Å². The van der Waals surface area contributed by atoms with Crippen LogP contribution in [0.3, 0.4) is 0 Å². The highest BCUT2D eigenvalue weighted by Crippen LogP contribution is 2.22. The minimum atomic E-state index is 0.920. The topological polar surface area (TPSA) is 3.24 Å². The van der Waals surface area contributed by atoms with Crippen LogP contribution in [0.1, 0.15) is 53.9 Å². The Morgan fingerprint density at radius 2 is 1.53 bits per heavy atom. The van der Waals surface area contributed by atoms with E-state index >= 15 is 0 Å². The van der Waals surface area contributed by atoms with Crippen LogP contribution in [0.5, 0.6) is 0 Å². The van der Waals surface area contributed by atoms with Crippen molar-refractivity contribution in [3.05, 3.63) is 12.2 Å². The van der Waals surface area contributed by atoms with E-state index in [4.69, 9.17) is 0 Å². The minimum absolute atomic E-state index is 0.920. The lowest BCUT2D eigenvalue weighted by Crippen LogP contribution is -2.30. The molecule has 0 N–H and O–H groups in total. The highest BCUT2D eigenvalue weighted by atomic mass is 15.1. The summed E-state index contributed by atoms with van der Waals surface area (Å²) in [6.45, 7) is 16.6. The lowest BCUT2D eigenvalue weighted by molar-refractivity contribution is 0.219.